The molecule has 1 aliphatic rings. The number of nitrogens with zero attached hydrogens (tertiary/aromatic N) is 2. The van der Waals surface area contributed by atoms with E-state index in [-0.39, 0.29) is 17.3 Å². The molecule has 0 saturated carbocycles. The summed E-state index contributed by atoms with van der Waals surface area (Å²) in [5.41, 5.74) is 2.29. The number of carbonyl (C=O) groups excluding carboxylic acids is 1. The predicted molar refractivity (Wildman–Crippen MR) is 117 cm³/mol. The van der Waals surface area contributed by atoms with Crippen LogP contribution in [0.1, 0.15) is 23.4 Å². The van der Waals surface area contributed by atoms with Gasteiger partial charge in [-0.1, -0.05) is 11.8 Å². The van der Waals surface area contributed by atoms with Gasteiger partial charge in [0.05, 0.1) is 32.8 Å². The minimum Gasteiger partial charge on any atom is -0.497 e. The van der Waals surface area contributed by atoms with E-state index in [1.54, 1.807) is 49.3 Å². The van der Waals surface area contributed by atoms with Crippen molar-refractivity contribution < 1.29 is 18.7 Å². The van der Waals surface area contributed by atoms with E-state index in [9.17, 15) is 9.59 Å². The number of rotatable bonds is 8. The number of fused-ring (bicyclic) bond motifs is 1. The van der Waals surface area contributed by atoms with Crippen molar-refractivity contribution >= 4 is 23.4 Å². The molecule has 2 heterocycles. The molecular formula is C22H23N3O5S. The number of anilines is 1. The molecule has 3 aromatic rings. The van der Waals surface area contributed by atoms with Crippen molar-refractivity contribution in [2.75, 3.05) is 25.3 Å². The van der Waals surface area contributed by atoms with Crippen molar-refractivity contribution in [3.8, 4) is 11.5 Å². The van der Waals surface area contributed by atoms with Gasteiger partial charge in [0, 0.05) is 35.1 Å². The van der Waals surface area contributed by atoms with E-state index in [4.69, 9.17) is 13.9 Å². The number of furan rings is 1. The number of amides is 1. The van der Waals surface area contributed by atoms with Crippen LogP contribution in [0.3, 0.4) is 0 Å². The molecule has 31 heavy (non-hydrogen) atoms. The van der Waals surface area contributed by atoms with Crippen molar-refractivity contribution in [2.45, 2.75) is 30.8 Å². The third-order valence-corrected chi connectivity index (χ3v) is 6.09. The minimum absolute atomic E-state index is 0.139. The molecule has 1 aliphatic carbocycles. The first kappa shape index (κ1) is 21.0. The Morgan fingerprint density at radius 2 is 2.00 bits per heavy atom. The topological polar surface area (TPSA) is 95.6 Å². The molecule has 0 saturated heterocycles. The first-order valence-electron chi connectivity index (χ1n) is 9.88. The summed E-state index contributed by atoms with van der Waals surface area (Å²) in [6.45, 7) is 0.365. The van der Waals surface area contributed by atoms with Crippen molar-refractivity contribution in [3.05, 3.63) is 64.1 Å². The number of hydrogen-bond acceptors (Lipinski definition) is 7. The summed E-state index contributed by atoms with van der Waals surface area (Å²) in [5.74, 6) is 1.82. The van der Waals surface area contributed by atoms with Gasteiger partial charge in [0.1, 0.15) is 22.3 Å². The molecule has 0 bridgehead atoms. The highest BCUT2D eigenvalue weighted by Gasteiger charge is 2.23. The normalized spacial score (nSPS) is 12.5. The van der Waals surface area contributed by atoms with E-state index in [1.165, 1.54) is 11.8 Å². The molecule has 2 aromatic heterocycles. The molecule has 0 fully saturated rings. The summed E-state index contributed by atoms with van der Waals surface area (Å²) < 4.78 is 17.5. The summed E-state index contributed by atoms with van der Waals surface area (Å²) in [5, 5.41) is 3.47. The lowest BCUT2D eigenvalue weighted by Gasteiger charge is -2.13. The highest BCUT2D eigenvalue weighted by atomic mass is 32.2. The van der Waals surface area contributed by atoms with Crippen LogP contribution in [0.25, 0.3) is 0 Å². The Labute approximate surface area is 183 Å². The number of carbonyl (C=O) groups is 1. The number of hydrogen-bond donors (Lipinski definition) is 1. The summed E-state index contributed by atoms with van der Waals surface area (Å²) in [4.78, 5) is 29.5. The molecule has 0 radical (unpaired) electrons. The zero-order valence-electron chi connectivity index (χ0n) is 17.3. The standard InChI is InChI=1S/C22H23N3O5S/c1-28-16-9-14(10-17(11-16)29-2)23-20(26)13-31-21-18-6-3-7-19(18)25(22(27)24-21)12-15-5-4-8-30-15/h4-5,8-11H,3,6-7,12-13H2,1-2H3,(H,23,26). The number of nitrogens with one attached hydrogen (secondary N) is 1. The van der Waals surface area contributed by atoms with Gasteiger partial charge in [0.2, 0.25) is 5.91 Å². The molecule has 1 N–H and O–H groups in total. The Bertz CT molecular complexity index is 1120. The maximum Gasteiger partial charge on any atom is 0.349 e. The van der Waals surface area contributed by atoms with Crippen molar-refractivity contribution in [1.82, 2.24) is 9.55 Å². The number of benzene rings is 1. The van der Waals surface area contributed by atoms with Gasteiger partial charge in [-0.25, -0.2) is 4.79 Å². The summed E-state index contributed by atoms with van der Waals surface area (Å²) in [6.07, 6.45) is 4.21. The van der Waals surface area contributed by atoms with Gasteiger partial charge in [-0.05, 0) is 31.4 Å². The van der Waals surface area contributed by atoms with Crippen molar-refractivity contribution in [1.29, 1.82) is 0 Å². The Morgan fingerprint density at radius 3 is 2.68 bits per heavy atom. The number of thioether (sulfide) groups is 1. The second-order valence-electron chi connectivity index (χ2n) is 7.08. The third kappa shape index (κ3) is 4.77. The maximum absolute atomic E-state index is 12.7. The van der Waals surface area contributed by atoms with Crippen LogP contribution in [0, 0.1) is 0 Å². The van der Waals surface area contributed by atoms with Crippen LogP contribution in [0.4, 0.5) is 5.69 Å². The Hall–Kier alpha value is -3.20. The number of ether oxygens (including phenoxy) is 2. The average molecular weight is 442 g/mol. The lowest BCUT2D eigenvalue weighted by Crippen LogP contribution is -2.28. The summed E-state index contributed by atoms with van der Waals surface area (Å²) in [6, 6.07) is 8.81. The number of aromatic nitrogens is 2. The molecular weight excluding hydrogens is 418 g/mol. The molecule has 8 nitrogen and oxygen atoms in total. The second-order valence-corrected chi connectivity index (χ2v) is 8.05. The molecule has 1 amide bonds. The first-order chi connectivity index (χ1) is 15.1. The molecule has 0 atom stereocenters. The van der Waals surface area contributed by atoms with Crippen LogP contribution >= 0.6 is 11.8 Å². The van der Waals surface area contributed by atoms with Crippen LogP contribution in [-0.4, -0.2) is 35.4 Å². The van der Waals surface area contributed by atoms with Crippen LogP contribution < -0.4 is 20.5 Å². The second kappa shape index (κ2) is 9.30. The van der Waals surface area contributed by atoms with Crippen LogP contribution in [0.5, 0.6) is 11.5 Å². The lowest BCUT2D eigenvalue weighted by atomic mass is 10.2. The molecule has 0 unspecified atom stereocenters. The molecule has 9 heteroatoms. The Morgan fingerprint density at radius 1 is 1.23 bits per heavy atom. The van der Waals surface area contributed by atoms with E-state index >= 15 is 0 Å². The van der Waals surface area contributed by atoms with Gasteiger partial charge in [0.15, 0.2) is 0 Å². The van der Waals surface area contributed by atoms with Crippen LogP contribution in [0.2, 0.25) is 0 Å². The minimum atomic E-state index is -0.322. The SMILES string of the molecule is COc1cc(NC(=O)CSc2nc(=O)n(Cc3ccco3)c3c2CCC3)cc(OC)c1. The zero-order chi connectivity index (χ0) is 21.8. The van der Waals surface area contributed by atoms with E-state index < -0.39 is 0 Å². The molecule has 0 aliphatic heterocycles. The average Bonchev–Trinajstić information content (AvgIpc) is 3.46. The fourth-order valence-electron chi connectivity index (χ4n) is 3.64. The predicted octanol–water partition coefficient (Wildman–Crippen LogP) is 3.12. The monoisotopic (exact) mass is 441 g/mol. The maximum atomic E-state index is 12.7. The Balaban J connectivity index is 1.48. The first-order valence-corrected chi connectivity index (χ1v) is 10.9. The largest absolute Gasteiger partial charge is 0.497 e. The summed E-state index contributed by atoms with van der Waals surface area (Å²) in [7, 11) is 3.10. The summed E-state index contributed by atoms with van der Waals surface area (Å²) >= 11 is 1.28. The van der Waals surface area contributed by atoms with Crippen molar-refractivity contribution in [2.24, 2.45) is 0 Å². The molecule has 162 valence electrons. The number of methoxy groups -OCH3 is 2. The van der Waals surface area contributed by atoms with Crippen LogP contribution in [-0.2, 0) is 24.2 Å². The van der Waals surface area contributed by atoms with Crippen molar-refractivity contribution in [3.63, 3.8) is 0 Å². The van der Waals surface area contributed by atoms with Crippen LogP contribution in [0.15, 0.2) is 50.8 Å². The van der Waals surface area contributed by atoms with Gasteiger partial charge < -0.3 is 19.2 Å². The third-order valence-electron chi connectivity index (χ3n) is 5.07. The van der Waals surface area contributed by atoms with E-state index in [0.29, 0.717) is 34.5 Å². The smallest absolute Gasteiger partial charge is 0.349 e. The Kier molecular flexibility index (Phi) is 6.31. The van der Waals surface area contributed by atoms with Gasteiger partial charge in [-0.15, -0.1) is 0 Å². The fourth-order valence-corrected chi connectivity index (χ4v) is 4.51. The molecule has 4 rings (SSSR count). The highest BCUT2D eigenvalue weighted by molar-refractivity contribution is 8.00. The fraction of sp³-hybridized carbons (Fsp3) is 0.318. The highest BCUT2D eigenvalue weighted by Crippen LogP contribution is 2.30. The van der Waals surface area contributed by atoms with Gasteiger partial charge in [0.25, 0.3) is 0 Å². The van der Waals surface area contributed by atoms with E-state index in [2.05, 4.69) is 10.3 Å². The zero-order valence-corrected chi connectivity index (χ0v) is 18.2. The van der Waals surface area contributed by atoms with Gasteiger partial charge in [-0.2, -0.15) is 4.98 Å². The molecule has 0 spiro atoms. The van der Waals surface area contributed by atoms with E-state index in [0.717, 1.165) is 30.5 Å². The quantitative estimate of drug-likeness (QED) is 0.424. The molecule has 1 aromatic carbocycles. The van der Waals surface area contributed by atoms with Gasteiger partial charge >= 0.3 is 5.69 Å². The van der Waals surface area contributed by atoms with Gasteiger partial charge in [-0.3, -0.25) is 9.36 Å². The lowest BCUT2D eigenvalue weighted by molar-refractivity contribution is -0.113. The van der Waals surface area contributed by atoms with E-state index in [1.807, 2.05) is 6.07 Å².